The molecule has 0 amide bonds. The fourth-order valence-electron chi connectivity index (χ4n) is 3.86. The van der Waals surface area contributed by atoms with Gasteiger partial charge in [0.1, 0.15) is 5.60 Å². The topological polar surface area (TPSA) is 83.8 Å². The van der Waals surface area contributed by atoms with E-state index in [1.54, 1.807) is 6.92 Å². The Morgan fingerprint density at radius 3 is 1.93 bits per heavy atom. The highest BCUT2D eigenvalue weighted by atomic mass is 16.5. The van der Waals surface area contributed by atoms with E-state index in [0.29, 0.717) is 45.0 Å². The van der Waals surface area contributed by atoms with Gasteiger partial charge in [0.15, 0.2) is 0 Å². The van der Waals surface area contributed by atoms with Crippen LogP contribution in [-0.4, -0.2) is 28.8 Å². The van der Waals surface area contributed by atoms with Gasteiger partial charge in [0.05, 0.1) is 11.5 Å². The third-order valence-electron chi connectivity index (χ3n) is 5.98. The standard InChI is InChI=1S/C25H32O5/c1-24(23(28)29,20-11-5-3-6-12-20)17-9-15-22(27)16-10-18-25(2,30-19-26)21-13-7-4-8-14-21/h3-8,11-14,19,22,27H,9-10,15-18H2,1-2H3,(H,28,29). The SMILES string of the molecule is CC(CCCC(O)CCCC(C)(C(=O)O)c1ccccc1)(OC=O)c1ccccc1. The molecule has 0 aromatic heterocycles. The molecule has 2 N–H and O–H groups in total. The summed E-state index contributed by atoms with van der Waals surface area (Å²) in [6.45, 7) is 4.08. The number of ether oxygens (including phenoxy) is 1. The van der Waals surface area contributed by atoms with Gasteiger partial charge >= 0.3 is 5.97 Å². The summed E-state index contributed by atoms with van der Waals surface area (Å²) in [5.74, 6) is -0.854. The molecule has 0 heterocycles. The zero-order chi connectivity index (χ0) is 22.0. The molecule has 0 spiro atoms. The molecule has 0 aliphatic heterocycles. The van der Waals surface area contributed by atoms with Crippen LogP contribution in [0.1, 0.15) is 63.5 Å². The zero-order valence-electron chi connectivity index (χ0n) is 17.8. The monoisotopic (exact) mass is 412 g/mol. The molecule has 2 aromatic carbocycles. The summed E-state index contributed by atoms with van der Waals surface area (Å²) in [6.07, 6.45) is 2.94. The Balaban J connectivity index is 1.85. The predicted octanol–water partition coefficient (Wildman–Crippen LogP) is 4.82. The quantitative estimate of drug-likeness (QED) is 0.461. The number of benzene rings is 2. The van der Waals surface area contributed by atoms with E-state index in [-0.39, 0.29) is 0 Å². The average molecular weight is 413 g/mol. The minimum Gasteiger partial charge on any atom is -0.481 e. The first kappa shape index (κ1) is 23.6. The van der Waals surface area contributed by atoms with Crippen LogP contribution < -0.4 is 0 Å². The van der Waals surface area contributed by atoms with E-state index in [0.717, 1.165) is 11.1 Å². The van der Waals surface area contributed by atoms with Crippen LogP contribution in [0.3, 0.4) is 0 Å². The third kappa shape index (κ3) is 6.17. The van der Waals surface area contributed by atoms with E-state index in [9.17, 15) is 19.8 Å². The molecule has 0 bridgehead atoms. The first-order valence-corrected chi connectivity index (χ1v) is 10.5. The number of carbonyl (C=O) groups excluding carboxylic acids is 1. The van der Waals surface area contributed by atoms with Gasteiger partial charge in [-0.1, -0.05) is 60.7 Å². The number of hydrogen-bond acceptors (Lipinski definition) is 4. The second-order valence-corrected chi connectivity index (χ2v) is 8.25. The van der Waals surface area contributed by atoms with Crippen LogP contribution in [0.5, 0.6) is 0 Å². The maximum atomic E-state index is 11.9. The average Bonchev–Trinajstić information content (AvgIpc) is 2.75. The summed E-state index contributed by atoms with van der Waals surface area (Å²) in [5, 5.41) is 20.1. The molecule has 5 nitrogen and oxygen atoms in total. The van der Waals surface area contributed by atoms with Gasteiger partial charge in [-0.25, -0.2) is 0 Å². The fraction of sp³-hybridized carbons (Fsp3) is 0.440. The van der Waals surface area contributed by atoms with Crippen molar-refractivity contribution >= 4 is 12.4 Å². The van der Waals surface area contributed by atoms with Gasteiger partial charge in [-0.3, -0.25) is 9.59 Å². The normalized spacial score (nSPS) is 16.1. The molecule has 5 heteroatoms. The van der Waals surface area contributed by atoms with Gasteiger partial charge in [-0.05, 0) is 63.5 Å². The maximum Gasteiger partial charge on any atom is 0.313 e. The number of aliphatic carboxylic acids is 1. The molecule has 3 unspecified atom stereocenters. The van der Waals surface area contributed by atoms with E-state index in [4.69, 9.17) is 4.74 Å². The molecule has 0 fully saturated rings. The minimum atomic E-state index is -0.968. The van der Waals surface area contributed by atoms with Crippen LogP contribution in [0.4, 0.5) is 0 Å². The molecule has 0 aliphatic carbocycles. The van der Waals surface area contributed by atoms with E-state index < -0.39 is 23.1 Å². The number of aliphatic hydroxyl groups is 1. The Hall–Kier alpha value is -2.66. The molecule has 30 heavy (non-hydrogen) atoms. The summed E-state index contributed by atoms with van der Waals surface area (Å²) in [4.78, 5) is 22.8. The van der Waals surface area contributed by atoms with Crippen molar-refractivity contribution in [3.05, 3.63) is 71.8 Å². The first-order valence-electron chi connectivity index (χ1n) is 10.5. The summed E-state index contributed by atoms with van der Waals surface area (Å²) in [5.41, 5.74) is 0.00562. The second kappa shape index (κ2) is 10.9. The van der Waals surface area contributed by atoms with E-state index >= 15 is 0 Å². The Morgan fingerprint density at radius 1 is 0.933 bits per heavy atom. The van der Waals surface area contributed by atoms with Crippen molar-refractivity contribution in [3.8, 4) is 0 Å². The molecule has 0 aliphatic rings. The third-order valence-corrected chi connectivity index (χ3v) is 5.98. The van der Waals surface area contributed by atoms with Crippen LogP contribution >= 0.6 is 0 Å². The highest BCUT2D eigenvalue weighted by molar-refractivity contribution is 5.80. The van der Waals surface area contributed by atoms with Crippen LogP contribution in [-0.2, 0) is 25.3 Å². The zero-order valence-corrected chi connectivity index (χ0v) is 17.8. The highest BCUT2D eigenvalue weighted by Crippen LogP contribution is 2.32. The highest BCUT2D eigenvalue weighted by Gasteiger charge is 2.34. The minimum absolute atomic E-state index is 0.458. The van der Waals surface area contributed by atoms with Gasteiger partial charge in [-0.2, -0.15) is 0 Å². The lowest BCUT2D eigenvalue weighted by Crippen LogP contribution is -2.32. The van der Waals surface area contributed by atoms with Crippen molar-refractivity contribution in [1.82, 2.24) is 0 Å². The number of hydrogen-bond donors (Lipinski definition) is 2. The molecule has 2 rings (SSSR count). The number of rotatable bonds is 13. The molecule has 0 radical (unpaired) electrons. The lowest BCUT2D eigenvalue weighted by molar-refractivity contribution is -0.144. The summed E-state index contributed by atoms with van der Waals surface area (Å²) >= 11 is 0. The van der Waals surface area contributed by atoms with Gasteiger partial charge in [0.25, 0.3) is 6.47 Å². The molecule has 3 atom stereocenters. The number of aliphatic hydroxyl groups excluding tert-OH is 1. The fourth-order valence-corrected chi connectivity index (χ4v) is 3.86. The Bertz CT molecular complexity index is 792. The van der Waals surface area contributed by atoms with Crippen molar-refractivity contribution in [2.45, 2.75) is 69.5 Å². The van der Waals surface area contributed by atoms with Gasteiger partial charge in [0, 0.05) is 0 Å². The number of carbonyl (C=O) groups is 2. The Labute approximate surface area is 178 Å². The summed E-state index contributed by atoms with van der Waals surface area (Å²) in [7, 11) is 0. The second-order valence-electron chi connectivity index (χ2n) is 8.25. The summed E-state index contributed by atoms with van der Waals surface area (Å²) in [6, 6.07) is 18.8. The largest absolute Gasteiger partial charge is 0.481 e. The van der Waals surface area contributed by atoms with Crippen LogP contribution in [0.2, 0.25) is 0 Å². The molecule has 0 saturated heterocycles. The van der Waals surface area contributed by atoms with Crippen LogP contribution in [0.25, 0.3) is 0 Å². The number of carboxylic acid groups (broad SMARTS) is 1. The Kier molecular flexibility index (Phi) is 8.60. The van der Waals surface area contributed by atoms with Crippen LogP contribution in [0, 0.1) is 0 Å². The van der Waals surface area contributed by atoms with Crippen LogP contribution in [0.15, 0.2) is 60.7 Å². The molecular weight excluding hydrogens is 380 g/mol. The maximum absolute atomic E-state index is 11.9. The predicted molar refractivity (Wildman–Crippen MR) is 116 cm³/mol. The lowest BCUT2D eigenvalue weighted by atomic mass is 9.78. The van der Waals surface area contributed by atoms with Crippen molar-refractivity contribution in [3.63, 3.8) is 0 Å². The molecule has 2 aromatic rings. The van der Waals surface area contributed by atoms with Crippen molar-refractivity contribution in [2.75, 3.05) is 0 Å². The first-order chi connectivity index (χ1) is 14.3. The summed E-state index contributed by atoms with van der Waals surface area (Å²) < 4.78 is 5.37. The van der Waals surface area contributed by atoms with Gasteiger partial charge in [-0.15, -0.1) is 0 Å². The van der Waals surface area contributed by atoms with E-state index in [1.807, 2.05) is 67.6 Å². The molecule has 162 valence electrons. The van der Waals surface area contributed by atoms with E-state index in [1.165, 1.54) is 0 Å². The smallest absolute Gasteiger partial charge is 0.313 e. The lowest BCUT2D eigenvalue weighted by Gasteiger charge is -2.29. The molecular formula is C25H32O5. The molecule has 0 saturated carbocycles. The van der Waals surface area contributed by atoms with Crippen molar-refractivity contribution in [1.29, 1.82) is 0 Å². The van der Waals surface area contributed by atoms with Crippen molar-refractivity contribution in [2.24, 2.45) is 0 Å². The number of carboxylic acids is 1. The van der Waals surface area contributed by atoms with Gasteiger partial charge in [0.2, 0.25) is 0 Å². The van der Waals surface area contributed by atoms with Gasteiger partial charge < -0.3 is 14.9 Å². The van der Waals surface area contributed by atoms with Crippen molar-refractivity contribution < 1.29 is 24.5 Å². The van der Waals surface area contributed by atoms with E-state index in [2.05, 4.69) is 0 Å². The Morgan fingerprint density at radius 2 is 1.43 bits per heavy atom.